The number of benzene rings is 1. The van der Waals surface area contributed by atoms with E-state index in [1.807, 2.05) is 30.3 Å². The van der Waals surface area contributed by atoms with Crippen LogP contribution in [0.3, 0.4) is 0 Å². The quantitative estimate of drug-likeness (QED) is 0.841. The Morgan fingerprint density at radius 3 is 2.57 bits per heavy atom. The molecule has 0 spiro atoms. The van der Waals surface area contributed by atoms with Crippen LogP contribution in [-0.4, -0.2) is 37.0 Å². The second-order valence-corrected chi connectivity index (χ2v) is 6.10. The Hall–Kier alpha value is -1.39. The van der Waals surface area contributed by atoms with E-state index in [1.54, 1.807) is 0 Å². The van der Waals surface area contributed by atoms with E-state index in [2.05, 4.69) is 17.1 Å². The van der Waals surface area contributed by atoms with Gasteiger partial charge in [0.25, 0.3) is 0 Å². The van der Waals surface area contributed by atoms with E-state index in [0.717, 1.165) is 12.1 Å². The van der Waals surface area contributed by atoms with Crippen LogP contribution in [0.15, 0.2) is 30.3 Å². The molecule has 0 aliphatic carbocycles. The summed E-state index contributed by atoms with van der Waals surface area (Å²) in [6.45, 7) is 6.32. The lowest BCUT2D eigenvalue weighted by atomic mass is 10.1. The summed E-state index contributed by atoms with van der Waals surface area (Å²) in [7, 11) is 0. The van der Waals surface area contributed by atoms with Gasteiger partial charge in [0, 0.05) is 13.1 Å². The fraction of sp³-hybridized carbons (Fsp3) is 0.588. The van der Waals surface area contributed by atoms with Gasteiger partial charge in [0.05, 0.1) is 0 Å². The first-order chi connectivity index (χ1) is 10.2. The third kappa shape index (κ3) is 5.14. The van der Waals surface area contributed by atoms with Crippen molar-refractivity contribution in [1.29, 1.82) is 0 Å². The topological polar surface area (TPSA) is 58.4 Å². The van der Waals surface area contributed by atoms with Crippen molar-refractivity contribution in [1.82, 2.24) is 10.2 Å². The largest absolute Gasteiger partial charge is 0.354 e. The summed E-state index contributed by atoms with van der Waals surface area (Å²) in [4.78, 5) is 14.6. The van der Waals surface area contributed by atoms with E-state index in [-0.39, 0.29) is 5.91 Å². The molecule has 1 amide bonds. The van der Waals surface area contributed by atoms with Crippen molar-refractivity contribution in [2.24, 2.45) is 11.7 Å². The van der Waals surface area contributed by atoms with Crippen LogP contribution in [0.1, 0.15) is 37.8 Å². The predicted octanol–water partition coefficient (Wildman–Crippen LogP) is 1.92. The van der Waals surface area contributed by atoms with Crippen LogP contribution in [0, 0.1) is 5.92 Å². The van der Waals surface area contributed by atoms with Gasteiger partial charge in [0.1, 0.15) is 6.04 Å². The van der Waals surface area contributed by atoms with Crippen molar-refractivity contribution in [3.63, 3.8) is 0 Å². The number of carbonyl (C=O) groups is 1. The van der Waals surface area contributed by atoms with Crippen LogP contribution in [-0.2, 0) is 4.79 Å². The fourth-order valence-electron chi connectivity index (χ4n) is 2.84. The molecule has 21 heavy (non-hydrogen) atoms. The van der Waals surface area contributed by atoms with Crippen molar-refractivity contribution >= 4 is 5.91 Å². The van der Waals surface area contributed by atoms with Gasteiger partial charge in [-0.25, -0.2) is 0 Å². The van der Waals surface area contributed by atoms with Gasteiger partial charge >= 0.3 is 0 Å². The molecular formula is C17H27N3O. The highest BCUT2D eigenvalue weighted by Crippen LogP contribution is 2.12. The molecule has 1 aromatic carbocycles. The number of nitrogens with zero attached hydrogens (tertiary/aromatic N) is 1. The highest BCUT2D eigenvalue weighted by atomic mass is 16.2. The lowest BCUT2D eigenvalue weighted by molar-refractivity contribution is -0.122. The second kappa shape index (κ2) is 8.15. The normalized spacial score (nSPS) is 19.0. The molecule has 3 N–H and O–H groups in total. The number of hydrogen-bond acceptors (Lipinski definition) is 3. The second-order valence-electron chi connectivity index (χ2n) is 6.10. The molecule has 4 nitrogen and oxygen atoms in total. The Bertz CT molecular complexity index is 429. The molecule has 1 fully saturated rings. The van der Waals surface area contributed by atoms with Gasteiger partial charge in [0.15, 0.2) is 0 Å². The summed E-state index contributed by atoms with van der Waals surface area (Å²) in [6, 6.07) is 8.94. The monoisotopic (exact) mass is 289 g/mol. The molecule has 1 aromatic rings. The van der Waals surface area contributed by atoms with Gasteiger partial charge in [-0.3, -0.25) is 4.79 Å². The fourth-order valence-corrected chi connectivity index (χ4v) is 2.84. The van der Waals surface area contributed by atoms with Gasteiger partial charge in [-0.2, -0.15) is 0 Å². The average molecular weight is 289 g/mol. The minimum absolute atomic E-state index is 0.0910. The smallest absolute Gasteiger partial charge is 0.241 e. The third-order valence-corrected chi connectivity index (χ3v) is 4.08. The number of likely N-dealkylation sites (tertiary alicyclic amines) is 1. The van der Waals surface area contributed by atoms with Crippen LogP contribution in [0.2, 0.25) is 0 Å². The first-order valence-electron chi connectivity index (χ1n) is 7.97. The molecule has 1 aliphatic heterocycles. The zero-order valence-corrected chi connectivity index (χ0v) is 12.9. The van der Waals surface area contributed by atoms with Gasteiger partial charge in [0.2, 0.25) is 5.91 Å². The molecule has 4 heteroatoms. The Balaban J connectivity index is 1.72. The molecular weight excluding hydrogens is 262 g/mol. The zero-order valence-electron chi connectivity index (χ0n) is 12.9. The predicted molar refractivity (Wildman–Crippen MR) is 85.8 cm³/mol. The summed E-state index contributed by atoms with van der Waals surface area (Å²) in [5.74, 6) is 0.363. The van der Waals surface area contributed by atoms with E-state index < -0.39 is 6.04 Å². The summed E-state index contributed by atoms with van der Waals surface area (Å²) in [6.07, 6.45) is 3.96. The zero-order chi connectivity index (χ0) is 15.1. The molecule has 1 heterocycles. The molecule has 2 rings (SSSR count). The summed E-state index contributed by atoms with van der Waals surface area (Å²) in [5.41, 5.74) is 6.85. The standard InChI is InChI=1S/C17H27N3O/c1-14(13-20-10-6-3-7-11-20)12-19-17(21)16(18)15-8-4-2-5-9-15/h2,4-5,8-9,14,16H,3,6-7,10-13,18H2,1H3,(H,19,21)/t14?,16-/m0/s1. The van der Waals surface area contributed by atoms with Crippen molar-refractivity contribution in [3.8, 4) is 0 Å². The van der Waals surface area contributed by atoms with E-state index in [1.165, 1.54) is 32.4 Å². The lowest BCUT2D eigenvalue weighted by Crippen LogP contribution is -2.40. The number of nitrogens with two attached hydrogens (primary N) is 1. The van der Waals surface area contributed by atoms with Crippen LogP contribution in [0.4, 0.5) is 0 Å². The van der Waals surface area contributed by atoms with E-state index in [9.17, 15) is 4.79 Å². The van der Waals surface area contributed by atoms with E-state index in [4.69, 9.17) is 5.73 Å². The molecule has 116 valence electrons. The maximum absolute atomic E-state index is 12.1. The molecule has 0 radical (unpaired) electrons. The number of piperidine rings is 1. The maximum atomic E-state index is 12.1. The number of hydrogen-bond donors (Lipinski definition) is 2. The summed E-state index contributed by atoms with van der Waals surface area (Å²) in [5, 5.41) is 2.98. The number of amides is 1. The van der Waals surface area contributed by atoms with Crippen molar-refractivity contribution in [3.05, 3.63) is 35.9 Å². The Morgan fingerprint density at radius 2 is 1.90 bits per heavy atom. The van der Waals surface area contributed by atoms with E-state index >= 15 is 0 Å². The molecule has 1 unspecified atom stereocenters. The lowest BCUT2D eigenvalue weighted by Gasteiger charge is -2.29. The molecule has 1 saturated heterocycles. The molecule has 1 aliphatic rings. The Kier molecular flexibility index (Phi) is 6.21. The van der Waals surface area contributed by atoms with Crippen LogP contribution in [0.25, 0.3) is 0 Å². The number of rotatable bonds is 6. The van der Waals surface area contributed by atoms with Crippen LogP contribution < -0.4 is 11.1 Å². The number of carbonyl (C=O) groups excluding carboxylic acids is 1. The van der Waals surface area contributed by atoms with Gasteiger partial charge < -0.3 is 16.0 Å². The van der Waals surface area contributed by atoms with E-state index in [0.29, 0.717) is 12.5 Å². The minimum atomic E-state index is -0.576. The Labute approximate surface area is 127 Å². The van der Waals surface area contributed by atoms with Gasteiger partial charge in [-0.1, -0.05) is 43.7 Å². The molecule has 2 atom stereocenters. The van der Waals surface area contributed by atoms with Crippen molar-refractivity contribution in [2.45, 2.75) is 32.2 Å². The van der Waals surface area contributed by atoms with Gasteiger partial charge in [-0.15, -0.1) is 0 Å². The average Bonchev–Trinajstić information content (AvgIpc) is 2.53. The molecule has 0 aromatic heterocycles. The highest BCUT2D eigenvalue weighted by molar-refractivity contribution is 5.82. The molecule has 0 saturated carbocycles. The number of nitrogens with one attached hydrogen (secondary N) is 1. The van der Waals surface area contributed by atoms with Crippen LogP contribution in [0.5, 0.6) is 0 Å². The summed E-state index contributed by atoms with van der Waals surface area (Å²) >= 11 is 0. The highest BCUT2D eigenvalue weighted by Gasteiger charge is 2.17. The molecule has 0 bridgehead atoms. The maximum Gasteiger partial charge on any atom is 0.241 e. The first-order valence-corrected chi connectivity index (χ1v) is 7.97. The third-order valence-electron chi connectivity index (χ3n) is 4.08. The minimum Gasteiger partial charge on any atom is -0.354 e. The SMILES string of the molecule is CC(CNC(=O)[C@@H](N)c1ccccc1)CN1CCCCC1. The Morgan fingerprint density at radius 1 is 1.24 bits per heavy atom. The summed E-state index contributed by atoms with van der Waals surface area (Å²) < 4.78 is 0. The first kappa shape index (κ1) is 16.0. The van der Waals surface area contributed by atoms with Crippen molar-refractivity contribution < 1.29 is 4.79 Å². The van der Waals surface area contributed by atoms with Gasteiger partial charge in [-0.05, 0) is 37.4 Å². The van der Waals surface area contributed by atoms with Crippen LogP contribution >= 0.6 is 0 Å². The van der Waals surface area contributed by atoms with Crippen molar-refractivity contribution in [2.75, 3.05) is 26.2 Å².